The number of amides is 1. The molecule has 4 aliphatic rings. The average Bonchev–Trinajstić information content (AvgIpc) is 3.34. The topological polar surface area (TPSA) is 98.2 Å². The summed E-state index contributed by atoms with van der Waals surface area (Å²) in [6, 6.07) is 5.36. The SMILES string of the molecule is CC1=NCC(C)N=C1N1C2C[C@@]23CCN(C(=O)c2c(F)cccc2NN=CC=[NH2+])C[C@H]13. The van der Waals surface area contributed by atoms with E-state index in [0.717, 1.165) is 30.9 Å². The second-order valence-corrected chi connectivity index (χ2v) is 8.85. The number of hydrogen-bond donors (Lipinski definition) is 2. The van der Waals surface area contributed by atoms with E-state index in [-0.39, 0.29) is 29.0 Å². The quantitative estimate of drug-likeness (QED) is 0.547. The van der Waals surface area contributed by atoms with Gasteiger partial charge in [0.05, 0.1) is 30.0 Å². The van der Waals surface area contributed by atoms with Crippen molar-refractivity contribution < 1.29 is 14.6 Å². The Labute approximate surface area is 180 Å². The summed E-state index contributed by atoms with van der Waals surface area (Å²) in [4.78, 5) is 27.0. The number of carbonyl (C=O) groups excluding carboxylic acids is 1. The number of hydrogen-bond acceptors (Lipinski definition) is 6. The predicted molar refractivity (Wildman–Crippen MR) is 118 cm³/mol. The zero-order chi connectivity index (χ0) is 21.8. The molecule has 3 fully saturated rings. The maximum absolute atomic E-state index is 14.7. The first-order valence-electron chi connectivity index (χ1n) is 10.7. The van der Waals surface area contributed by atoms with E-state index in [1.54, 1.807) is 17.0 Å². The average molecular weight is 425 g/mol. The minimum Gasteiger partial charge on any atom is -0.346 e. The van der Waals surface area contributed by atoms with Gasteiger partial charge < -0.3 is 9.80 Å². The Hall–Kier alpha value is -3.10. The number of piperidine rings is 1. The number of aliphatic imine (C=N–C) groups is 2. The lowest BCUT2D eigenvalue weighted by Gasteiger charge is -2.54. The van der Waals surface area contributed by atoms with E-state index in [4.69, 9.17) is 10.4 Å². The first kappa shape index (κ1) is 19.8. The van der Waals surface area contributed by atoms with Crippen LogP contribution in [-0.4, -0.2) is 77.4 Å². The highest BCUT2D eigenvalue weighted by atomic mass is 19.1. The third-order valence-electron chi connectivity index (χ3n) is 7.02. The molecule has 3 N–H and O–H groups in total. The second kappa shape index (κ2) is 7.25. The molecule has 3 heterocycles. The van der Waals surface area contributed by atoms with Gasteiger partial charge in [-0.2, -0.15) is 5.10 Å². The summed E-state index contributed by atoms with van der Waals surface area (Å²) >= 11 is 0. The van der Waals surface area contributed by atoms with Gasteiger partial charge in [0.2, 0.25) is 0 Å². The van der Waals surface area contributed by atoms with Gasteiger partial charge >= 0.3 is 0 Å². The van der Waals surface area contributed by atoms with Gasteiger partial charge in [-0.25, -0.2) is 4.39 Å². The van der Waals surface area contributed by atoms with Crippen molar-refractivity contribution in [1.82, 2.24) is 9.80 Å². The van der Waals surface area contributed by atoms with Crippen LogP contribution in [0.25, 0.3) is 0 Å². The fraction of sp³-hybridized carbons (Fsp3) is 0.500. The smallest absolute Gasteiger partial charge is 0.259 e. The standard InChI is InChI=1S/C22H26FN7O/c1-13-11-25-14(2)20(27-13)30-17-10-22(17)6-9-29(12-18(22)30)21(31)19-15(23)4-3-5-16(19)28-26-8-7-24/h3-5,7-8,13,17-18,24,28H,6,9-12H2,1-2H3/p+1/t13?,17?,18-,22-/m0/s1. The maximum atomic E-state index is 14.7. The van der Waals surface area contributed by atoms with Gasteiger partial charge in [0.25, 0.3) is 5.91 Å². The highest BCUT2D eigenvalue weighted by Crippen LogP contribution is 2.67. The molecule has 5 rings (SSSR count). The van der Waals surface area contributed by atoms with E-state index in [1.807, 2.05) is 6.92 Å². The number of anilines is 1. The zero-order valence-corrected chi connectivity index (χ0v) is 17.8. The number of hydrazone groups is 1. The molecule has 1 saturated carbocycles. The van der Waals surface area contributed by atoms with E-state index in [2.05, 4.69) is 27.3 Å². The third kappa shape index (κ3) is 3.05. The van der Waals surface area contributed by atoms with Crippen LogP contribution in [0.5, 0.6) is 0 Å². The van der Waals surface area contributed by atoms with Crippen molar-refractivity contribution in [2.24, 2.45) is 20.5 Å². The summed E-state index contributed by atoms with van der Waals surface area (Å²) < 4.78 is 14.7. The Morgan fingerprint density at radius 2 is 2.26 bits per heavy atom. The summed E-state index contributed by atoms with van der Waals surface area (Å²) in [6.45, 7) is 5.99. The Kier molecular flexibility index (Phi) is 4.64. The predicted octanol–water partition coefficient (Wildman–Crippen LogP) is 0.604. The molecule has 2 saturated heterocycles. The van der Waals surface area contributed by atoms with Gasteiger partial charge in [-0.3, -0.25) is 25.6 Å². The molecular weight excluding hydrogens is 397 g/mol. The molecule has 0 radical (unpaired) electrons. The van der Waals surface area contributed by atoms with Crippen LogP contribution in [0, 0.1) is 11.2 Å². The molecule has 9 heteroatoms. The van der Waals surface area contributed by atoms with Crippen molar-refractivity contribution in [3.63, 3.8) is 0 Å². The van der Waals surface area contributed by atoms with Gasteiger partial charge in [-0.05, 0) is 38.8 Å². The molecule has 4 atom stereocenters. The minimum atomic E-state index is -0.564. The second-order valence-electron chi connectivity index (χ2n) is 8.85. The molecule has 8 nitrogen and oxygen atoms in total. The van der Waals surface area contributed by atoms with Crippen LogP contribution in [0.2, 0.25) is 0 Å². The largest absolute Gasteiger partial charge is 0.346 e. The van der Waals surface area contributed by atoms with Crippen molar-refractivity contribution in [3.05, 3.63) is 29.6 Å². The van der Waals surface area contributed by atoms with Crippen LogP contribution < -0.4 is 10.8 Å². The number of likely N-dealkylation sites (tertiary alicyclic amines) is 2. The number of rotatable bonds is 4. The number of carbonyl (C=O) groups is 1. The fourth-order valence-electron chi connectivity index (χ4n) is 5.35. The van der Waals surface area contributed by atoms with Crippen molar-refractivity contribution in [2.75, 3.05) is 25.1 Å². The van der Waals surface area contributed by atoms with Gasteiger partial charge in [0.1, 0.15) is 23.4 Å². The van der Waals surface area contributed by atoms with Crippen molar-refractivity contribution in [3.8, 4) is 0 Å². The van der Waals surface area contributed by atoms with Crippen molar-refractivity contribution in [2.45, 2.75) is 44.8 Å². The maximum Gasteiger partial charge on any atom is 0.259 e. The Balaban J connectivity index is 1.38. The molecule has 1 aromatic carbocycles. The van der Waals surface area contributed by atoms with E-state index >= 15 is 0 Å². The van der Waals surface area contributed by atoms with Crippen LogP contribution in [0.1, 0.15) is 37.0 Å². The number of nitrogens with two attached hydrogens (primary N) is 1. The summed E-state index contributed by atoms with van der Waals surface area (Å²) in [6.07, 6.45) is 4.67. The van der Waals surface area contributed by atoms with Crippen molar-refractivity contribution in [1.29, 1.82) is 0 Å². The first-order valence-corrected chi connectivity index (χ1v) is 10.7. The van der Waals surface area contributed by atoms with Crippen LogP contribution in [0.15, 0.2) is 33.3 Å². The normalized spacial score (nSPS) is 31.3. The number of nitrogens with zero attached hydrogens (tertiary/aromatic N) is 5. The van der Waals surface area contributed by atoms with Crippen LogP contribution in [0.4, 0.5) is 10.1 Å². The molecule has 0 bridgehead atoms. The molecule has 1 aromatic rings. The number of benzene rings is 1. The highest BCUT2D eigenvalue weighted by Gasteiger charge is 2.74. The molecule has 31 heavy (non-hydrogen) atoms. The van der Waals surface area contributed by atoms with Crippen molar-refractivity contribution >= 4 is 35.6 Å². The number of halogens is 1. The molecule has 0 aromatic heterocycles. The fourth-order valence-corrected chi connectivity index (χ4v) is 5.35. The molecule has 2 unspecified atom stereocenters. The lowest BCUT2D eigenvalue weighted by atomic mass is 9.79. The highest BCUT2D eigenvalue weighted by molar-refractivity contribution is 6.41. The molecule has 3 aliphatic heterocycles. The molecular formula is C22H27FN7O+. The molecule has 162 valence electrons. The van der Waals surface area contributed by atoms with E-state index < -0.39 is 5.82 Å². The number of nitrogens with one attached hydrogen (secondary N) is 1. The van der Waals surface area contributed by atoms with Crippen LogP contribution in [0.3, 0.4) is 0 Å². The van der Waals surface area contributed by atoms with Crippen LogP contribution in [-0.2, 0) is 0 Å². The lowest BCUT2D eigenvalue weighted by molar-refractivity contribution is -0.102. The Morgan fingerprint density at radius 1 is 1.42 bits per heavy atom. The number of amidine groups is 1. The zero-order valence-electron chi connectivity index (χ0n) is 17.8. The monoisotopic (exact) mass is 424 g/mol. The van der Waals surface area contributed by atoms with E-state index in [9.17, 15) is 9.18 Å². The van der Waals surface area contributed by atoms with Gasteiger partial charge in [0.15, 0.2) is 6.21 Å². The lowest BCUT2D eigenvalue weighted by Crippen LogP contribution is -2.67. The summed E-state index contributed by atoms with van der Waals surface area (Å²) in [7, 11) is 0. The first-order chi connectivity index (χ1) is 15.0. The van der Waals surface area contributed by atoms with Gasteiger partial charge in [-0.15, -0.1) is 0 Å². The molecule has 1 spiro atoms. The molecule has 1 aliphatic carbocycles. The minimum absolute atomic E-state index is 0.00668. The van der Waals surface area contributed by atoms with Crippen LogP contribution >= 0.6 is 0 Å². The van der Waals surface area contributed by atoms with Gasteiger partial charge in [-0.1, -0.05) is 6.07 Å². The van der Waals surface area contributed by atoms with Gasteiger partial charge in [0, 0.05) is 24.5 Å². The summed E-state index contributed by atoms with van der Waals surface area (Å²) in [5.41, 5.74) is 4.30. The van der Waals surface area contributed by atoms with E-state index in [1.165, 1.54) is 18.5 Å². The summed E-state index contributed by atoms with van der Waals surface area (Å²) in [5, 5.41) is 9.20. The van der Waals surface area contributed by atoms with E-state index in [0.29, 0.717) is 24.8 Å². The summed E-state index contributed by atoms with van der Waals surface area (Å²) in [5.74, 6) is 0.0815. The Bertz CT molecular complexity index is 1030. The molecule has 1 amide bonds. The Morgan fingerprint density at radius 3 is 3.06 bits per heavy atom. The third-order valence-corrected chi connectivity index (χ3v) is 7.02.